The van der Waals surface area contributed by atoms with Crippen LogP contribution in [0.2, 0.25) is 0 Å². The molecule has 0 radical (unpaired) electrons. The van der Waals surface area contributed by atoms with Crippen molar-refractivity contribution in [3.05, 3.63) is 36.0 Å². The van der Waals surface area contributed by atoms with E-state index in [2.05, 4.69) is 4.98 Å². The molecule has 0 aliphatic rings. The zero-order valence-corrected chi connectivity index (χ0v) is 12.0. The number of amides is 2. The number of nitrogens with zero attached hydrogens (tertiary/aromatic N) is 2. The number of likely N-dealkylation sites (N-methyl/N-ethyl adjacent to an activating group) is 2. The quantitative estimate of drug-likeness (QED) is 0.922. The summed E-state index contributed by atoms with van der Waals surface area (Å²) < 4.78 is 0. The third-order valence-corrected chi connectivity index (χ3v) is 3.31. The zero-order chi connectivity index (χ0) is 14.7. The second-order valence-corrected chi connectivity index (χ2v) is 4.85. The van der Waals surface area contributed by atoms with Gasteiger partial charge in [-0.25, -0.2) is 0 Å². The van der Waals surface area contributed by atoms with Crippen LogP contribution in [0.15, 0.2) is 30.5 Å². The number of rotatable bonds is 4. The standard InChI is InChI=1S/C15H19N3O2/c1-4-18(10-13(19)17(2)3)15(20)12-7-5-6-11-8-9-16-14(11)12/h5-9,16H,4,10H2,1-3H3. The Balaban J connectivity index is 2.29. The first-order chi connectivity index (χ1) is 9.54. The van der Waals surface area contributed by atoms with Crippen LogP contribution in [-0.2, 0) is 4.79 Å². The first kappa shape index (κ1) is 14.1. The molecule has 5 nitrogen and oxygen atoms in total. The molecule has 2 rings (SSSR count). The highest BCUT2D eigenvalue weighted by Crippen LogP contribution is 2.18. The summed E-state index contributed by atoms with van der Waals surface area (Å²) in [4.78, 5) is 30.5. The Kier molecular flexibility index (Phi) is 4.08. The van der Waals surface area contributed by atoms with Gasteiger partial charge in [0, 0.05) is 32.2 Å². The van der Waals surface area contributed by atoms with Gasteiger partial charge in [-0.3, -0.25) is 9.59 Å². The number of aromatic nitrogens is 1. The molecular weight excluding hydrogens is 254 g/mol. The molecule has 0 saturated heterocycles. The summed E-state index contributed by atoms with van der Waals surface area (Å²) in [6, 6.07) is 7.51. The van der Waals surface area contributed by atoms with Gasteiger partial charge in [-0.2, -0.15) is 0 Å². The topological polar surface area (TPSA) is 56.4 Å². The maximum Gasteiger partial charge on any atom is 0.256 e. The Labute approximate surface area is 118 Å². The first-order valence-corrected chi connectivity index (χ1v) is 6.60. The first-order valence-electron chi connectivity index (χ1n) is 6.60. The van der Waals surface area contributed by atoms with E-state index in [1.54, 1.807) is 25.1 Å². The summed E-state index contributed by atoms with van der Waals surface area (Å²) in [5.74, 6) is -0.213. The van der Waals surface area contributed by atoms with E-state index in [1.807, 2.05) is 31.3 Å². The van der Waals surface area contributed by atoms with Gasteiger partial charge in [0.25, 0.3) is 5.91 Å². The monoisotopic (exact) mass is 273 g/mol. The van der Waals surface area contributed by atoms with E-state index in [9.17, 15) is 9.59 Å². The van der Waals surface area contributed by atoms with Crippen LogP contribution < -0.4 is 0 Å². The summed E-state index contributed by atoms with van der Waals surface area (Å²) in [7, 11) is 3.37. The fraction of sp³-hybridized carbons (Fsp3) is 0.333. The SMILES string of the molecule is CCN(CC(=O)N(C)C)C(=O)c1cccc2cc[nH]c12. The van der Waals surface area contributed by atoms with E-state index >= 15 is 0 Å². The number of aromatic amines is 1. The molecule has 0 aliphatic heterocycles. The van der Waals surface area contributed by atoms with Crippen molar-refractivity contribution < 1.29 is 9.59 Å². The van der Waals surface area contributed by atoms with E-state index in [0.717, 1.165) is 10.9 Å². The van der Waals surface area contributed by atoms with Gasteiger partial charge >= 0.3 is 0 Å². The lowest BCUT2D eigenvalue weighted by molar-refractivity contribution is -0.129. The van der Waals surface area contributed by atoms with Crippen LogP contribution in [0, 0.1) is 0 Å². The number of carbonyl (C=O) groups excluding carboxylic acids is 2. The van der Waals surface area contributed by atoms with Crippen LogP contribution in [-0.4, -0.2) is 53.8 Å². The van der Waals surface area contributed by atoms with Crippen LogP contribution in [0.3, 0.4) is 0 Å². The summed E-state index contributed by atoms with van der Waals surface area (Å²) in [6.07, 6.45) is 1.81. The Morgan fingerprint density at radius 2 is 1.95 bits per heavy atom. The van der Waals surface area contributed by atoms with Crippen molar-refractivity contribution in [2.45, 2.75) is 6.92 Å². The third-order valence-electron chi connectivity index (χ3n) is 3.31. The highest BCUT2D eigenvalue weighted by atomic mass is 16.2. The minimum atomic E-state index is -0.129. The number of hydrogen-bond acceptors (Lipinski definition) is 2. The predicted octanol–water partition coefficient (Wildman–Crippen LogP) is 1.72. The second-order valence-electron chi connectivity index (χ2n) is 4.85. The molecule has 1 N–H and O–H groups in total. The number of para-hydroxylation sites is 1. The van der Waals surface area contributed by atoms with Gasteiger partial charge in [-0.05, 0) is 19.1 Å². The molecule has 0 unspecified atom stereocenters. The van der Waals surface area contributed by atoms with Crippen molar-refractivity contribution in [3.63, 3.8) is 0 Å². The lowest BCUT2D eigenvalue weighted by Gasteiger charge is -2.22. The van der Waals surface area contributed by atoms with Gasteiger partial charge in [-0.1, -0.05) is 12.1 Å². The molecule has 2 amide bonds. The van der Waals surface area contributed by atoms with Gasteiger partial charge in [0.1, 0.15) is 0 Å². The van der Waals surface area contributed by atoms with Crippen molar-refractivity contribution in [1.29, 1.82) is 0 Å². The average Bonchev–Trinajstić information content (AvgIpc) is 2.91. The van der Waals surface area contributed by atoms with Crippen LogP contribution in [0.4, 0.5) is 0 Å². The molecule has 1 heterocycles. The Morgan fingerprint density at radius 1 is 1.20 bits per heavy atom. The van der Waals surface area contributed by atoms with Gasteiger partial charge in [0.05, 0.1) is 17.6 Å². The molecule has 0 bridgehead atoms. The number of fused-ring (bicyclic) bond motifs is 1. The van der Waals surface area contributed by atoms with E-state index < -0.39 is 0 Å². The molecule has 0 fully saturated rings. The fourth-order valence-corrected chi connectivity index (χ4v) is 2.07. The number of nitrogens with one attached hydrogen (secondary N) is 1. The molecule has 0 saturated carbocycles. The van der Waals surface area contributed by atoms with E-state index in [1.165, 1.54) is 4.90 Å². The molecule has 20 heavy (non-hydrogen) atoms. The smallest absolute Gasteiger partial charge is 0.256 e. The molecule has 1 aromatic carbocycles. The highest BCUT2D eigenvalue weighted by molar-refractivity contribution is 6.06. The lowest BCUT2D eigenvalue weighted by atomic mass is 10.1. The minimum absolute atomic E-state index is 0.0844. The van der Waals surface area contributed by atoms with Crippen molar-refractivity contribution in [1.82, 2.24) is 14.8 Å². The summed E-state index contributed by atoms with van der Waals surface area (Å²) in [6.45, 7) is 2.46. The number of H-pyrrole nitrogens is 1. The van der Waals surface area contributed by atoms with Crippen LogP contribution >= 0.6 is 0 Å². The minimum Gasteiger partial charge on any atom is -0.361 e. The van der Waals surface area contributed by atoms with Gasteiger partial charge < -0.3 is 14.8 Å². The molecule has 1 aromatic heterocycles. The summed E-state index contributed by atoms with van der Waals surface area (Å²) in [5, 5.41) is 0.992. The second kappa shape index (κ2) is 5.77. The normalized spacial score (nSPS) is 10.6. The molecule has 0 aliphatic carbocycles. The third kappa shape index (κ3) is 2.66. The predicted molar refractivity (Wildman–Crippen MR) is 78.6 cm³/mol. The molecule has 106 valence electrons. The Morgan fingerprint density at radius 3 is 2.60 bits per heavy atom. The molecule has 5 heteroatoms. The maximum atomic E-state index is 12.6. The van der Waals surface area contributed by atoms with Gasteiger partial charge in [-0.15, -0.1) is 0 Å². The van der Waals surface area contributed by atoms with Crippen molar-refractivity contribution >= 4 is 22.7 Å². The van der Waals surface area contributed by atoms with Crippen molar-refractivity contribution in [2.75, 3.05) is 27.2 Å². The Bertz CT molecular complexity index is 631. The van der Waals surface area contributed by atoms with E-state index in [-0.39, 0.29) is 18.4 Å². The summed E-state index contributed by atoms with van der Waals surface area (Å²) >= 11 is 0. The largest absolute Gasteiger partial charge is 0.361 e. The van der Waals surface area contributed by atoms with Gasteiger partial charge in [0.15, 0.2) is 0 Å². The van der Waals surface area contributed by atoms with Gasteiger partial charge in [0.2, 0.25) is 5.91 Å². The number of hydrogen-bond donors (Lipinski definition) is 1. The summed E-state index contributed by atoms with van der Waals surface area (Å²) in [5.41, 5.74) is 1.41. The van der Waals surface area contributed by atoms with Crippen LogP contribution in [0.1, 0.15) is 17.3 Å². The maximum absolute atomic E-state index is 12.6. The van der Waals surface area contributed by atoms with Crippen molar-refractivity contribution in [2.24, 2.45) is 0 Å². The molecule has 0 spiro atoms. The molecule has 0 atom stereocenters. The van der Waals surface area contributed by atoms with Crippen LogP contribution in [0.5, 0.6) is 0 Å². The lowest BCUT2D eigenvalue weighted by Crippen LogP contribution is -2.40. The average molecular weight is 273 g/mol. The number of carbonyl (C=O) groups is 2. The van der Waals surface area contributed by atoms with Crippen LogP contribution in [0.25, 0.3) is 10.9 Å². The van der Waals surface area contributed by atoms with E-state index in [0.29, 0.717) is 12.1 Å². The Hall–Kier alpha value is -2.30. The zero-order valence-electron chi connectivity index (χ0n) is 12.0. The van der Waals surface area contributed by atoms with E-state index in [4.69, 9.17) is 0 Å². The molecular formula is C15H19N3O2. The highest BCUT2D eigenvalue weighted by Gasteiger charge is 2.20. The fourth-order valence-electron chi connectivity index (χ4n) is 2.07. The molecule has 2 aromatic rings. The van der Waals surface area contributed by atoms with Crippen molar-refractivity contribution in [3.8, 4) is 0 Å². The number of benzene rings is 1.